The van der Waals surface area contributed by atoms with Gasteiger partial charge in [0.1, 0.15) is 5.60 Å². The minimum atomic E-state index is -0.489. The molecule has 2 N–H and O–H groups in total. The largest absolute Gasteiger partial charge is 0.444 e. The molecule has 0 aromatic carbocycles. The number of amides is 1. The molecule has 28 heavy (non-hydrogen) atoms. The number of carbonyl (C=O) groups is 1. The van der Waals surface area contributed by atoms with Crippen LogP contribution >= 0.6 is 24.0 Å². The van der Waals surface area contributed by atoms with Gasteiger partial charge in [0.05, 0.1) is 6.10 Å². The third-order valence-corrected chi connectivity index (χ3v) is 4.63. The van der Waals surface area contributed by atoms with E-state index in [1.54, 1.807) is 7.05 Å². The van der Waals surface area contributed by atoms with Crippen molar-refractivity contribution in [2.75, 3.05) is 33.8 Å². The van der Waals surface area contributed by atoms with Crippen LogP contribution in [0, 0.1) is 5.92 Å². The Morgan fingerprint density at radius 3 is 2.54 bits per heavy atom. The number of rotatable bonds is 8. The van der Waals surface area contributed by atoms with E-state index in [4.69, 9.17) is 9.47 Å². The van der Waals surface area contributed by atoms with Crippen molar-refractivity contribution >= 4 is 36.0 Å². The number of guanidine groups is 1. The van der Waals surface area contributed by atoms with Crippen molar-refractivity contribution < 1.29 is 14.3 Å². The topological polar surface area (TPSA) is 75.2 Å². The second-order valence-corrected chi connectivity index (χ2v) is 8.60. The van der Waals surface area contributed by atoms with E-state index < -0.39 is 5.60 Å². The molecule has 1 amide bonds. The Morgan fingerprint density at radius 1 is 1.36 bits per heavy atom. The summed E-state index contributed by atoms with van der Waals surface area (Å²) in [7, 11) is 3.82. The fourth-order valence-corrected chi connectivity index (χ4v) is 3.07. The Balaban J connectivity index is 0.00000729. The third-order valence-electron chi connectivity index (χ3n) is 4.63. The van der Waals surface area contributed by atoms with Crippen LogP contribution in [0.4, 0.5) is 4.79 Å². The number of halogens is 1. The summed E-state index contributed by atoms with van der Waals surface area (Å²) in [5.41, 5.74) is -0.489. The first-order chi connectivity index (χ1) is 12.6. The van der Waals surface area contributed by atoms with Gasteiger partial charge in [-0.1, -0.05) is 13.8 Å². The Morgan fingerprint density at radius 2 is 2.04 bits per heavy atom. The van der Waals surface area contributed by atoms with Crippen molar-refractivity contribution in [1.82, 2.24) is 15.5 Å². The van der Waals surface area contributed by atoms with Gasteiger partial charge in [-0.05, 0) is 52.4 Å². The third kappa shape index (κ3) is 11.3. The van der Waals surface area contributed by atoms with E-state index in [-0.39, 0.29) is 36.1 Å². The molecule has 7 nitrogen and oxygen atoms in total. The standard InChI is InChI=1S/C20H40N4O3.HI/c1-15(2)17(23-19(25)27-20(3,4)5)11-13-24(7)18(21-6)22-12-10-16-9-8-14-26-16;/h15-17H,8-14H2,1-7H3,(H,21,22)(H,23,25);1H. The number of carbonyl (C=O) groups excluding carboxylic acids is 1. The smallest absolute Gasteiger partial charge is 0.407 e. The second kappa shape index (κ2) is 13.5. The summed E-state index contributed by atoms with van der Waals surface area (Å²) in [6.07, 6.45) is 4.16. The fourth-order valence-electron chi connectivity index (χ4n) is 3.07. The summed E-state index contributed by atoms with van der Waals surface area (Å²) in [6, 6.07) is 0.0484. The fraction of sp³-hybridized carbons (Fsp3) is 0.900. The van der Waals surface area contributed by atoms with Gasteiger partial charge in [0.25, 0.3) is 0 Å². The van der Waals surface area contributed by atoms with Gasteiger partial charge in [0.2, 0.25) is 0 Å². The summed E-state index contributed by atoms with van der Waals surface area (Å²) in [5, 5.41) is 6.41. The zero-order valence-corrected chi connectivity index (χ0v) is 21.0. The zero-order chi connectivity index (χ0) is 20.4. The molecule has 1 heterocycles. The van der Waals surface area contributed by atoms with E-state index in [0.29, 0.717) is 12.0 Å². The molecule has 1 rings (SSSR count). The normalized spacial score (nSPS) is 18.4. The quantitative estimate of drug-likeness (QED) is 0.295. The van der Waals surface area contributed by atoms with Gasteiger partial charge >= 0.3 is 6.09 Å². The van der Waals surface area contributed by atoms with Crippen molar-refractivity contribution in [1.29, 1.82) is 0 Å². The van der Waals surface area contributed by atoms with Gasteiger partial charge in [-0.2, -0.15) is 0 Å². The van der Waals surface area contributed by atoms with E-state index in [0.717, 1.165) is 44.9 Å². The average Bonchev–Trinajstić information content (AvgIpc) is 3.06. The number of hydrogen-bond donors (Lipinski definition) is 2. The first kappa shape index (κ1) is 27.2. The summed E-state index contributed by atoms with van der Waals surface area (Å²) >= 11 is 0. The first-order valence-electron chi connectivity index (χ1n) is 10.1. The molecule has 1 aliphatic heterocycles. The summed E-state index contributed by atoms with van der Waals surface area (Å²) in [5.74, 6) is 1.19. The van der Waals surface area contributed by atoms with Gasteiger partial charge in [-0.15, -0.1) is 24.0 Å². The maximum Gasteiger partial charge on any atom is 0.407 e. The van der Waals surface area contributed by atoms with Crippen LogP contribution in [-0.2, 0) is 9.47 Å². The number of ether oxygens (including phenoxy) is 2. The van der Waals surface area contributed by atoms with E-state index in [1.165, 1.54) is 6.42 Å². The molecular weight excluding hydrogens is 471 g/mol. The van der Waals surface area contributed by atoms with Crippen molar-refractivity contribution in [3.63, 3.8) is 0 Å². The average molecular weight is 512 g/mol. The molecule has 2 unspecified atom stereocenters. The van der Waals surface area contributed by atoms with Crippen molar-refractivity contribution in [2.24, 2.45) is 10.9 Å². The predicted octanol–water partition coefficient (Wildman–Crippen LogP) is 3.62. The SMILES string of the molecule is CN=C(NCCC1CCCO1)N(C)CCC(NC(=O)OC(C)(C)C)C(C)C.I. The molecule has 1 aliphatic rings. The van der Waals surface area contributed by atoms with Crippen LogP contribution in [-0.4, -0.2) is 68.5 Å². The predicted molar refractivity (Wildman–Crippen MR) is 126 cm³/mol. The lowest BCUT2D eigenvalue weighted by molar-refractivity contribution is 0.0486. The molecule has 0 spiro atoms. The van der Waals surface area contributed by atoms with Crippen LogP contribution in [0.1, 0.15) is 60.3 Å². The highest BCUT2D eigenvalue weighted by Gasteiger charge is 2.22. The summed E-state index contributed by atoms with van der Waals surface area (Å²) < 4.78 is 11.0. The Bertz CT molecular complexity index is 475. The molecule has 166 valence electrons. The van der Waals surface area contributed by atoms with E-state index in [9.17, 15) is 4.79 Å². The monoisotopic (exact) mass is 512 g/mol. The van der Waals surface area contributed by atoms with Gasteiger partial charge in [0.15, 0.2) is 5.96 Å². The Hall–Kier alpha value is -0.770. The van der Waals surface area contributed by atoms with Gasteiger partial charge in [0, 0.05) is 39.8 Å². The zero-order valence-electron chi connectivity index (χ0n) is 18.7. The summed E-state index contributed by atoms with van der Waals surface area (Å²) in [6.45, 7) is 12.4. The number of aliphatic imine (C=N–C) groups is 1. The minimum Gasteiger partial charge on any atom is -0.444 e. The Labute approximate surface area is 188 Å². The van der Waals surface area contributed by atoms with Crippen LogP contribution < -0.4 is 10.6 Å². The van der Waals surface area contributed by atoms with E-state index in [1.807, 2.05) is 27.8 Å². The number of hydrogen-bond acceptors (Lipinski definition) is 4. The van der Waals surface area contributed by atoms with Crippen molar-refractivity contribution in [2.45, 2.75) is 78.0 Å². The van der Waals surface area contributed by atoms with Crippen LogP contribution in [0.3, 0.4) is 0 Å². The van der Waals surface area contributed by atoms with Crippen LogP contribution in [0.2, 0.25) is 0 Å². The van der Waals surface area contributed by atoms with Crippen LogP contribution in [0.5, 0.6) is 0 Å². The highest BCUT2D eigenvalue weighted by molar-refractivity contribution is 14.0. The highest BCUT2D eigenvalue weighted by Crippen LogP contribution is 2.14. The molecule has 1 saturated heterocycles. The molecule has 0 bridgehead atoms. The minimum absolute atomic E-state index is 0. The summed E-state index contributed by atoms with van der Waals surface area (Å²) in [4.78, 5) is 18.5. The lowest BCUT2D eigenvalue weighted by Crippen LogP contribution is -2.45. The molecular formula is C20H41IN4O3. The lowest BCUT2D eigenvalue weighted by atomic mass is 10.0. The maximum absolute atomic E-state index is 12.1. The van der Waals surface area contributed by atoms with E-state index >= 15 is 0 Å². The van der Waals surface area contributed by atoms with Crippen LogP contribution in [0.25, 0.3) is 0 Å². The number of nitrogens with zero attached hydrogens (tertiary/aromatic N) is 2. The molecule has 1 fully saturated rings. The van der Waals surface area contributed by atoms with E-state index in [2.05, 4.69) is 34.4 Å². The second-order valence-electron chi connectivity index (χ2n) is 8.60. The van der Waals surface area contributed by atoms with Gasteiger partial charge < -0.3 is 25.0 Å². The lowest BCUT2D eigenvalue weighted by Gasteiger charge is -2.28. The molecule has 0 radical (unpaired) electrons. The van der Waals surface area contributed by atoms with Gasteiger partial charge in [-0.25, -0.2) is 4.79 Å². The van der Waals surface area contributed by atoms with Crippen molar-refractivity contribution in [3.8, 4) is 0 Å². The highest BCUT2D eigenvalue weighted by atomic mass is 127. The molecule has 0 aliphatic carbocycles. The maximum atomic E-state index is 12.1. The van der Waals surface area contributed by atoms with Crippen molar-refractivity contribution in [3.05, 3.63) is 0 Å². The van der Waals surface area contributed by atoms with Crippen LogP contribution in [0.15, 0.2) is 4.99 Å². The molecule has 0 aromatic heterocycles. The molecule has 0 saturated carbocycles. The molecule has 0 aromatic rings. The number of nitrogens with one attached hydrogen (secondary N) is 2. The van der Waals surface area contributed by atoms with Gasteiger partial charge in [-0.3, -0.25) is 4.99 Å². The number of alkyl carbamates (subject to hydrolysis) is 1. The molecule has 2 atom stereocenters. The molecule has 8 heteroatoms. The Kier molecular flexibility index (Phi) is 13.1. The first-order valence-corrected chi connectivity index (χ1v) is 10.1.